The molecule has 0 radical (unpaired) electrons. The number of esters is 1. The van der Waals surface area contributed by atoms with E-state index in [1.807, 2.05) is 6.92 Å². The summed E-state index contributed by atoms with van der Waals surface area (Å²) in [5, 5.41) is 5.08. The number of nitrogens with one attached hydrogen (secondary N) is 2. The summed E-state index contributed by atoms with van der Waals surface area (Å²) in [5.41, 5.74) is 0.658. The molecule has 1 rings (SSSR count). The van der Waals surface area contributed by atoms with Gasteiger partial charge in [0.05, 0.1) is 0 Å². The van der Waals surface area contributed by atoms with Gasteiger partial charge in [0.15, 0.2) is 6.61 Å². The maximum Gasteiger partial charge on any atom is 0.331 e. The van der Waals surface area contributed by atoms with Crippen molar-refractivity contribution in [3.05, 3.63) is 40.9 Å². The largest absolute Gasteiger partial charge is 0.452 e. The summed E-state index contributed by atoms with van der Waals surface area (Å²) in [6.45, 7) is 1.93. The molecule has 3 amide bonds. The van der Waals surface area contributed by atoms with E-state index >= 15 is 0 Å². The minimum absolute atomic E-state index is 0.482. The summed E-state index contributed by atoms with van der Waals surface area (Å²) in [4.78, 5) is 34.2. The molecule has 0 heterocycles. The van der Waals surface area contributed by atoms with E-state index in [1.165, 1.54) is 6.08 Å². The van der Waals surface area contributed by atoms with Gasteiger partial charge >= 0.3 is 12.0 Å². The second-order valence-electron chi connectivity index (χ2n) is 4.62. The molecule has 0 fully saturated rings. The Morgan fingerprint density at radius 1 is 1.26 bits per heavy atom. The number of urea groups is 1. The molecular formula is C16H19ClN2O4. The highest BCUT2D eigenvalue weighted by Crippen LogP contribution is 2.16. The molecule has 23 heavy (non-hydrogen) atoms. The number of halogens is 1. The summed E-state index contributed by atoms with van der Waals surface area (Å²) < 4.78 is 4.73. The lowest BCUT2D eigenvalue weighted by Gasteiger charge is -2.06. The Bertz CT molecular complexity index is 587. The van der Waals surface area contributed by atoms with E-state index in [4.69, 9.17) is 16.3 Å². The molecule has 0 bridgehead atoms. The van der Waals surface area contributed by atoms with Crippen molar-refractivity contribution in [1.82, 2.24) is 10.6 Å². The molecule has 0 spiro atoms. The van der Waals surface area contributed by atoms with Crippen molar-refractivity contribution in [2.45, 2.75) is 19.8 Å². The minimum atomic E-state index is -0.702. The van der Waals surface area contributed by atoms with Crippen LogP contribution in [0.3, 0.4) is 0 Å². The van der Waals surface area contributed by atoms with Crippen LogP contribution in [0.1, 0.15) is 25.3 Å². The van der Waals surface area contributed by atoms with Crippen LogP contribution in [0.25, 0.3) is 6.08 Å². The average Bonchev–Trinajstić information content (AvgIpc) is 2.52. The third-order valence-corrected chi connectivity index (χ3v) is 3.06. The number of benzene rings is 1. The summed E-state index contributed by atoms with van der Waals surface area (Å²) in [6.07, 6.45) is 4.41. The van der Waals surface area contributed by atoms with Crippen LogP contribution in [-0.4, -0.2) is 31.1 Å². The van der Waals surface area contributed by atoms with Crippen molar-refractivity contribution in [3.8, 4) is 0 Å². The van der Waals surface area contributed by atoms with Crippen LogP contribution in [0.15, 0.2) is 30.3 Å². The molecule has 0 aliphatic heterocycles. The number of amides is 3. The highest BCUT2D eigenvalue weighted by Gasteiger charge is 2.09. The van der Waals surface area contributed by atoms with Crippen molar-refractivity contribution in [1.29, 1.82) is 0 Å². The number of carbonyl (C=O) groups excluding carboxylic acids is 3. The van der Waals surface area contributed by atoms with Gasteiger partial charge in [-0.25, -0.2) is 9.59 Å². The minimum Gasteiger partial charge on any atom is -0.452 e. The van der Waals surface area contributed by atoms with Crippen molar-refractivity contribution < 1.29 is 19.1 Å². The van der Waals surface area contributed by atoms with E-state index in [2.05, 4.69) is 10.6 Å². The van der Waals surface area contributed by atoms with E-state index in [0.717, 1.165) is 18.9 Å². The van der Waals surface area contributed by atoms with E-state index in [1.54, 1.807) is 24.3 Å². The molecule has 1 aromatic carbocycles. The van der Waals surface area contributed by atoms with E-state index in [9.17, 15) is 14.4 Å². The second kappa shape index (κ2) is 10.4. The van der Waals surface area contributed by atoms with Crippen LogP contribution in [0.4, 0.5) is 4.79 Å². The molecule has 124 valence electrons. The lowest BCUT2D eigenvalue weighted by molar-refractivity contribution is -0.143. The van der Waals surface area contributed by atoms with Gasteiger partial charge in [-0.15, -0.1) is 0 Å². The number of unbranched alkanes of at least 4 members (excludes halogenated alkanes) is 1. The predicted molar refractivity (Wildman–Crippen MR) is 87.9 cm³/mol. The molecule has 0 aliphatic carbocycles. The lowest BCUT2D eigenvalue weighted by atomic mass is 10.2. The highest BCUT2D eigenvalue weighted by atomic mass is 35.5. The fourth-order valence-electron chi connectivity index (χ4n) is 1.54. The molecule has 0 unspecified atom stereocenters. The van der Waals surface area contributed by atoms with Crippen LogP contribution < -0.4 is 10.6 Å². The van der Waals surface area contributed by atoms with Crippen LogP contribution in [0.2, 0.25) is 5.02 Å². The van der Waals surface area contributed by atoms with Crippen molar-refractivity contribution in [3.63, 3.8) is 0 Å². The number of hydrogen-bond donors (Lipinski definition) is 2. The first kappa shape index (κ1) is 18.7. The Labute approximate surface area is 139 Å². The Morgan fingerprint density at radius 3 is 2.70 bits per heavy atom. The second-order valence-corrected chi connectivity index (χ2v) is 5.03. The maximum atomic E-state index is 11.5. The zero-order chi connectivity index (χ0) is 17.1. The third kappa shape index (κ3) is 8.01. The molecular weight excluding hydrogens is 320 g/mol. The van der Waals surface area contributed by atoms with Gasteiger partial charge in [-0.3, -0.25) is 10.1 Å². The van der Waals surface area contributed by atoms with Gasteiger partial charge in [0, 0.05) is 17.6 Å². The van der Waals surface area contributed by atoms with Crippen LogP contribution >= 0.6 is 11.6 Å². The van der Waals surface area contributed by atoms with E-state index < -0.39 is 24.5 Å². The molecule has 0 atom stereocenters. The maximum absolute atomic E-state index is 11.5. The molecule has 1 aromatic rings. The molecule has 0 saturated heterocycles. The smallest absolute Gasteiger partial charge is 0.331 e. The molecule has 7 heteroatoms. The van der Waals surface area contributed by atoms with Crippen LogP contribution in [0.5, 0.6) is 0 Å². The zero-order valence-corrected chi connectivity index (χ0v) is 13.6. The highest BCUT2D eigenvalue weighted by molar-refractivity contribution is 6.32. The number of rotatable bonds is 7. The van der Waals surface area contributed by atoms with Gasteiger partial charge in [-0.1, -0.05) is 43.1 Å². The first-order valence-electron chi connectivity index (χ1n) is 7.20. The van der Waals surface area contributed by atoms with Crippen molar-refractivity contribution >= 4 is 35.6 Å². The third-order valence-electron chi connectivity index (χ3n) is 2.72. The Kier molecular flexibility index (Phi) is 8.46. The van der Waals surface area contributed by atoms with Crippen LogP contribution in [0, 0.1) is 0 Å². The first-order valence-corrected chi connectivity index (χ1v) is 7.57. The van der Waals surface area contributed by atoms with E-state index in [-0.39, 0.29) is 0 Å². The van der Waals surface area contributed by atoms with Crippen LogP contribution in [-0.2, 0) is 14.3 Å². The zero-order valence-electron chi connectivity index (χ0n) is 12.8. The Hall–Kier alpha value is -2.34. The van der Waals surface area contributed by atoms with Gasteiger partial charge < -0.3 is 10.1 Å². The van der Waals surface area contributed by atoms with Crippen molar-refractivity contribution in [2.24, 2.45) is 0 Å². The van der Waals surface area contributed by atoms with Gasteiger partial charge in [-0.2, -0.15) is 0 Å². The Balaban J connectivity index is 2.31. The first-order chi connectivity index (χ1) is 11.0. The van der Waals surface area contributed by atoms with Gasteiger partial charge in [-0.05, 0) is 24.1 Å². The summed E-state index contributed by atoms with van der Waals surface area (Å²) >= 11 is 5.93. The van der Waals surface area contributed by atoms with Crippen molar-refractivity contribution in [2.75, 3.05) is 13.2 Å². The van der Waals surface area contributed by atoms with Gasteiger partial charge in [0.25, 0.3) is 5.91 Å². The molecule has 0 aliphatic rings. The fourth-order valence-corrected chi connectivity index (χ4v) is 1.74. The summed E-state index contributed by atoms with van der Waals surface area (Å²) in [6, 6.07) is 6.37. The van der Waals surface area contributed by atoms with Gasteiger partial charge in [0.2, 0.25) is 0 Å². The molecule has 6 nitrogen and oxygen atoms in total. The monoisotopic (exact) mass is 338 g/mol. The Morgan fingerprint density at radius 2 is 2.00 bits per heavy atom. The number of imide groups is 1. The summed E-state index contributed by atoms with van der Waals surface area (Å²) in [7, 11) is 0. The van der Waals surface area contributed by atoms with E-state index in [0.29, 0.717) is 17.1 Å². The van der Waals surface area contributed by atoms with Gasteiger partial charge in [0.1, 0.15) is 0 Å². The topological polar surface area (TPSA) is 84.5 Å². The number of carbonyl (C=O) groups is 3. The average molecular weight is 339 g/mol. The summed E-state index contributed by atoms with van der Waals surface area (Å²) in [5.74, 6) is -1.40. The fraction of sp³-hybridized carbons (Fsp3) is 0.312. The quantitative estimate of drug-likeness (QED) is 0.454. The standard InChI is InChI=1S/C16H19ClN2O4/c1-2-3-10-18-16(22)19-14(20)11-23-15(21)9-8-12-6-4-5-7-13(12)17/h4-9H,2-3,10-11H2,1H3,(H2,18,19,20,22)/b9-8+. The lowest BCUT2D eigenvalue weighted by Crippen LogP contribution is -2.41. The number of ether oxygens (including phenoxy) is 1. The molecule has 0 saturated carbocycles. The normalized spacial score (nSPS) is 10.3. The SMILES string of the molecule is CCCCNC(=O)NC(=O)COC(=O)/C=C/c1ccccc1Cl. The molecule has 2 N–H and O–H groups in total. The molecule has 0 aromatic heterocycles. The predicted octanol–water partition coefficient (Wildman–Crippen LogP) is 2.52. The number of hydrogen-bond acceptors (Lipinski definition) is 4.